The molecule has 3 rings (SSSR count). The fourth-order valence-electron chi connectivity index (χ4n) is 2.67. The van der Waals surface area contributed by atoms with Crippen LogP contribution in [0.4, 0.5) is 8.78 Å². The fraction of sp³-hybridized carbons (Fsp3) is 0.375. The minimum atomic E-state index is -2.81. The van der Waals surface area contributed by atoms with Gasteiger partial charge in [-0.3, -0.25) is 10.1 Å². The van der Waals surface area contributed by atoms with Crippen molar-refractivity contribution in [1.82, 2.24) is 20.0 Å². The second-order valence-electron chi connectivity index (χ2n) is 5.82. The van der Waals surface area contributed by atoms with Crippen molar-refractivity contribution in [1.29, 1.82) is 0 Å². The van der Waals surface area contributed by atoms with E-state index < -0.39 is 24.9 Å². The molecule has 1 N–H and O–H groups in total. The van der Waals surface area contributed by atoms with E-state index in [1.807, 2.05) is 36.5 Å². The van der Waals surface area contributed by atoms with Gasteiger partial charge in [0, 0.05) is 31.8 Å². The molecule has 1 aliphatic heterocycles. The summed E-state index contributed by atoms with van der Waals surface area (Å²) in [4.78, 5) is 13.7. The Kier molecular flexibility index (Phi) is 4.12. The number of hydrogen-bond donors (Lipinski definition) is 1. The van der Waals surface area contributed by atoms with Crippen LogP contribution in [-0.4, -0.2) is 46.1 Å². The van der Waals surface area contributed by atoms with E-state index in [0.717, 1.165) is 11.3 Å². The monoisotopic (exact) mass is 320 g/mol. The molecule has 122 valence electrons. The van der Waals surface area contributed by atoms with Gasteiger partial charge in [-0.1, -0.05) is 18.2 Å². The van der Waals surface area contributed by atoms with Crippen LogP contribution in [-0.2, 0) is 11.3 Å². The molecule has 1 aliphatic rings. The fourth-order valence-corrected chi connectivity index (χ4v) is 2.67. The Labute approximate surface area is 132 Å². The summed E-state index contributed by atoms with van der Waals surface area (Å²) in [5.41, 5.74) is 1.76. The number of halogens is 2. The summed E-state index contributed by atoms with van der Waals surface area (Å²) in [6.07, 6.45) is 3.06. The zero-order valence-corrected chi connectivity index (χ0v) is 12.7. The van der Waals surface area contributed by atoms with E-state index in [-0.39, 0.29) is 5.91 Å². The number of amides is 1. The lowest BCUT2D eigenvalue weighted by atomic mass is 10.1. The summed E-state index contributed by atoms with van der Waals surface area (Å²) in [7, 11) is 1.61. The Hall–Kier alpha value is -2.28. The first-order valence-corrected chi connectivity index (χ1v) is 7.40. The van der Waals surface area contributed by atoms with Gasteiger partial charge in [0.15, 0.2) is 0 Å². The lowest BCUT2D eigenvalue weighted by Gasteiger charge is -2.20. The highest BCUT2D eigenvalue weighted by Gasteiger charge is 2.43. The Morgan fingerprint density at radius 3 is 2.83 bits per heavy atom. The van der Waals surface area contributed by atoms with Gasteiger partial charge in [0.05, 0.1) is 24.5 Å². The number of carbonyl (C=O) groups is 1. The molecule has 2 aromatic rings. The van der Waals surface area contributed by atoms with E-state index in [1.54, 1.807) is 17.9 Å². The third-order valence-electron chi connectivity index (χ3n) is 3.86. The molecule has 2 heterocycles. The van der Waals surface area contributed by atoms with Gasteiger partial charge in [0.1, 0.15) is 0 Å². The Bertz CT molecular complexity index is 686. The third-order valence-corrected chi connectivity index (χ3v) is 3.86. The van der Waals surface area contributed by atoms with Crippen LogP contribution in [0.3, 0.4) is 0 Å². The molecule has 1 aromatic heterocycles. The number of carbonyl (C=O) groups excluding carboxylic acids is 1. The van der Waals surface area contributed by atoms with Gasteiger partial charge in [-0.25, -0.2) is 13.5 Å². The van der Waals surface area contributed by atoms with Gasteiger partial charge in [-0.15, -0.1) is 0 Å². The predicted molar refractivity (Wildman–Crippen MR) is 81.4 cm³/mol. The molecular formula is C16H18F2N4O. The molecule has 5 nitrogen and oxygen atoms in total. The van der Waals surface area contributed by atoms with Gasteiger partial charge >= 0.3 is 0 Å². The van der Waals surface area contributed by atoms with E-state index in [0.29, 0.717) is 6.54 Å². The van der Waals surface area contributed by atoms with E-state index >= 15 is 0 Å². The van der Waals surface area contributed by atoms with E-state index in [2.05, 4.69) is 10.4 Å². The van der Waals surface area contributed by atoms with Crippen LogP contribution < -0.4 is 5.32 Å². The smallest absolute Gasteiger partial charge is 0.262 e. The van der Waals surface area contributed by atoms with Crippen LogP contribution in [0.25, 0.3) is 5.69 Å². The van der Waals surface area contributed by atoms with Gasteiger partial charge < -0.3 is 4.90 Å². The number of likely N-dealkylation sites (N-methyl/N-ethyl adjacent to an activating group) is 1. The first-order chi connectivity index (χ1) is 10.9. The highest BCUT2D eigenvalue weighted by atomic mass is 19.3. The van der Waals surface area contributed by atoms with Crippen LogP contribution >= 0.6 is 0 Å². The van der Waals surface area contributed by atoms with Crippen LogP contribution in [0, 0.1) is 0 Å². The number of hydrogen-bond acceptors (Lipinski definition) is 3. The summed E-state index contributed by atoms with van der Waals surface area (Å²) in [5, 5.41) is 6.84. The Morgan fingerprint density at radius 1 is 1.43 bits per heavy atom. The standard InChI is InChI=1S/C16H18F2N4O/c1-21(15(23)14-7-16(17,18)11-19-14)9-12-8-20-22(10-12)13-5-3-2-4-6-13/h2-6,8,10,14,19H,7,9,11H2,1H3. The average Bonchev–Trinajstić information content (AvgIpc) is 3.14. The molecule has 1 atom stereocenters. The van der Waals surface area contributed by atoms with Gasteiger partial charge in [0.25, 0.3) is 5.92 Å². The number of nitrogens with one attached hydrogen (secondary N) is 1. The van der Waals surface area contributed by atoms with Crippen molar-refractivity contribution in [3.63, 3.8) is 0 Å². The summed E-state index contributed by atoms with van der Waals surface area (Å²) in [6.45, 7) is -0.112. The lowest BCUT2D eigenvalue weighted by Crippen LogP contribution is -2.41. The topological polar surface area (TPSA) is 50.2 Å². The number of nitrogens with zero attached hydrogens (tertiary/aromatic N) is 3. The lowest BCUT2D eigenvalue weighted by molar-refractivity contribution is -0.132. The van der Waals surface area contributed by atoms with Crippen LogP contribution in [0.15, 0.2) is 42.7 Å². The maximum absolute atomic E-state index is 13.2. The second kappa shape index (κ2) is 6.08. The molecule has 1 amide bonds. The van der Waals surface area contributed by atoms with Gasteiger partial charge in [-0.2, -0.15) is 5.10 Å². The summed E-state index contributed by atoms with van der Waals surface area (Å²) in [6, 6.07) is 8.78. The van der Waals surface area contributed by atoms with E-state index in [1.165, 1.54) is 4.90 Å². The van der Waals surface area contributed by atoms with Crippen LogP contribution in [0.1, 0.15) is 12.0 Å². The predicted octanol–water partition coefficient (Wildman–Crippen LogP) is 1.83. The molecule has 0 aliphatic carbocycles. The maximum atomic E-state index is 13.2. The number of para-hydroxylation sites is 1. The van der Waals surface area contributed by atoms with Crippen molar-refractivity contribution in [2.24, 2.45) is 0 Å². The summed E-state index contributed by atoms with van der Waals surface area (Å²) >= 11 is 0. The first kappa shape index (κ1) is 15.6. The summed E-state index contributed by atoms with van der Waals surface area (Å²) < 4.78 is 28.1. The molecule has 23 heavy (non-hydrogen) atoms. The molecular weight excluding hydrogens is 302 g/mol. The van der Waals surface area contributed by atoms with Crippen LogP contribution in [0.2, 0.25) is 0 Å². The first-order valence-electron chi connectivity index (χ1n) is 7.40. The SMILES string of the molecule is CN(Cc1cnn(-c2ccccc2)c1)C(=O)C1CC(F)(F)CN1. The molecule has 0 saturated carbocycles. The van der Waals surface area contributed by atoms with E-state index in [4.69, 9.17) is 0 Å². The second-order valence-corrected chi connectivity index (χ2v) is 5.82. The minimum absolute atomic E-state index is 0.324. The van der Waals surface area contributed by atoms with Crippen molar-refractivity contribution < 1.29 is 13.6 Å². The Morgan fingerprint density at radius 2 is 2.17 bits per heavy atom. The number of alkyl halides is 2. The molecule has 0 radical (unpaired) electrons. The highest BCUT2D eigenvalue weighted by Crippen LogP contribution is 2.26. The molecule has 7 heteroatoms. The largest absolute Gasteiger partial charge is 0.340 e. The molecule has 0 bridgehead atoms. The van der Waals surface area contributed by atoms with Gasteiger partial charge in [0.2, 0.25) is 5.91 Å². The van der Waals surface area contributed by atoms with Crippen molar-refractivity contribution in [2.75, 3.05) is 13.6 Å². The molecule has 0 spiro atoms. The number of benzene rings is 1. The van der Waals surface area contributed by atoms with Crippen molar-refractivity contribution in [3.05, 3.63) is 48.3 Å². The molecule has 1 saturated heterocycles. The van der Waals surface area contributed by atoms with Crippen molar-refractivity contribution in [2.45, 2.75) is 24.9 Å². The normalized spacial score (nSPS) is 19.7. The molecule has 1 unspecified atom stereocenters. The quantitative estimate of drug-likeness (QED) is 0.935. The Balaban J connectivity index is 1.63. The third kappa shape index (κ3) is 3.56. The van der Waals surface area contributed by atoms with Crippen molar-refractivity contribution in [3.8, 4) is 5.69 Å². The van der Waals surface area contributed by atoms with E-state index in [9.17, 15) is 13.6 Å². The average molecular weight is 320 g/mol. The number of aromatic nitrogens is 2. The van der Waals surface area contributed by atoms with Crippen molar-refractivity contribution >= 4 is 5.91 Å². The minimum Gasteiger partial charge on any atom is -0.340 e. The van der Waals surface area contributed by atoms with Crippen LogP contribution in [0.5, 0.6) is 0 Å². The highest BCUT2D eigenvalue weighted by molar-refractivity contribution is 5.82. The van der Waals surface area contributed by atoms with Gasteiger partial charge in [-0.05, 0) is 12.1 Å². The summed E-state index contributed by atoms with van der Waals surface area (Å²) in [5.74, 6) is -3.13. The molecule has 1 aromatic carbocycles. The zero-order chi connectivity index (χ0) is 16.4. The zero-order valence-electron chi connectivity index (χ0n) is 12.7. The number of rotatable bonds is 4. The molecule has 1 fully saturated rings. The maximum Gasteiger partial charge on any atom is 0.262 e.